The van der Waals surface area contributed by atoms with Crippen LogP contribution in [0.25, 0.3) is 0 Å². The first-order valence-corrected chi connectivity index (χ1v) is 8.47. The Morgan fingerprint density at radius 3 is 2.40 bits per heavy atom. The van der Waals surface area contributed by atoms with Gasteiger partial charge in [0.25, 0.3) is 0 Å². The molecule has 0 radical (unpaired) electrons. The van der Waals surface area contributed by atoms with Crippen LogP contribution in [0.15, 0.2) is 36.4 Å². The molecule has 0 saturated carbocycles. The first-order chi connectivity index (χ1) is 9.34. The quantitative estimate of drug-likeness (QED) is 0.752. The number of benzene rings is 1. The maximum absolute atomic E-state index is 12.3. The number of hydrogen-bond donors (Lipinski definition) is 1. The van der Waals surface area contributed by atoms with Crippen molar-refractivity contribution >= 4 is 22.6 Å². The first kappa shape index (κ1) is 17.4. The molecule has 0 unspecified atom stereocenters. The largest absolute Gasteiger partial charge is 0.242 e. The van der Waals surface area contributed by atoms with Crippen LogP contribution in [0.2, 0.25) is 5.02 Å². The van der Waals surface area contributed by atoms with Crippen molar-refractivity contribution in [3.05, 3.63) is 47.0 Å². The smallest absolute Gasteiger partial charge is 0.0978 e. The van der Waals surface area contributed by atoms with Crippen molar-refractivity contribution in [2.75, 3.05) is 0 Å². The van der Waals surface area contributed by atoms with E-state index in [1.54, 1.807) is 0 Å². The highest BCUT2D eigenvalue weighted by atomic mass is 35.5. The van der Waals surface area contributed by atoms with E-state index in [4.69, 9.17) is 11.6 Å². The SMILES string of the molecule is CCC/C=C/[C@@H](N[S@](=O)C(C)(C)C)c1ccc(Cl)cc1. The zero-order chi connectivity index (χ0) is 15.2. The van der Waals surface area contributed by atoms with Crippen LogP contribution in [0.5, 0.6) is 0 Å². The maximum Gasteiger partial charge on any atom is 0.0978 e. The Balaban J connectivity index is 2.91. The Labute approximate surface area is 130 Å². The molecule has 0 saturated heterocycles. The van der Waals surface area contributed by atoms with E-state index in [9.17, 15) is 4.21 Å². The van der Waals surface area contributed by atoms with Crippen molar-refractivity contribution in [3.8, 4) is 0 Å². The zero-order valence-electron chi connectivity index (χ0n) is 12.7. The summed E-state index contributed by atoms with van der Waals surface area (Å²) in [5.74, 6) is 0. The van der Waals surface area contributed by atoms with Gasteiger partial charge in [0, 0.05) is 5.02 Å². The molecule has 0 aliphatic heterocycles. The van der Waals surface area contributed by atoms with Gasteiger partial charge in [-0.3, -0.25) is 0 Å². The molecule has 2 nitrogen and oxygen atoms in total. The average Bonchev–Trinajstić information content (AvgIpc) is 2.37. The van der Waals surface area contributed by atoms with Gasteiger partial charge in [-0.25, -0.2) is 8.93 Å². The zero-order valence-corrected chi connectivity index (χ0v) is 14.2. The number of hydrogen-bond acceptors (Lipinski definition) is 1. The molecule has 0 amide bonds. The predicted octanol–water partition coefficient (Wildman–Crippen LogP) is 4.79. The Hall–Kier alpha value is -0.640. The summed E-state index contributed by atoms with van der Waals surface area (Å²) < 4.78 is 15.2. The van der Waals surface area contributed by atoms with Crippen LogP contribution in [0.3, 0.4) is 0 Å². The summed E-state index contributed by atoms with van der Waals surface area (Å²) >= 11 is 5.92. The number of allylic oxidation sites excluding steroid dienone is 1. The minimum atomic E-state index is -1.11. The van der Waals surface area contributed by atoms with Crippen LogP contribution in [0.1, 0.15) is 52.1 Å². The van der Waals surface area contributed by atoms with Crippen molar-refractivity contribution in [2.24, 2.45) is 0 Å². The van der Waals surface area contributed by atoms with Gasteiger partial charge < -0.3 is 0 Å². The lowest BCUT2D eigenvalue weighted by atomic mass is 10.1. The minimum absolute atomic E-state index is 0.0566. The van der Waals surface area contributed by atoms with Gasteiger partial charge in [0.05, 0.1) is 21.8 Å². The molecule has 1 rings (SSSR count). The van der Waals surface area contributed by atoms with E-state index in [0.717, 1.165) is 18.4 Å². The Bertz CT molecular complexity index is 462. The summed E-state index contributed by atoms with van der Waals surface area (Å²) in [7, 11) is -1.11. The summed E-state index contributed by atoms with van der Waals surface area (Å²) in [6.45, 7) is 8.03. The highest BCUT2D eigenvalue weighted by Crippen LogP contribution is 2.21. The molecule has 1 aromatic rings. The predicted molar refractivity (Wildman–Crippen MR) is 89.3 cm³/mol. The third-order valence-electron chi connectivity index (χ3n) is 2.80. The molecule has 1 aromatic carbocycles. The van der Waals surface area contributed by atoms with Gasteiger partial charge in [0.1, 0.15) is 0 Å². The van der Waals surface area contributed by atoms with Gasteiger partial charge in [-0.1, -0.05) is 49.2 Å². The van der Waals surface area contributed by atoms with Crippen molar-refractivity contribution in [3.63, 3.8) is 0 Å². The standard InChI is InChI=1S/C16H24ClNOS/c1-5-6-7-8-15(18-20(19)16(2,3)4)13-9-11-14(17)12-10-13/h7-12,15,18H,5-6H2,1-4H3/b8-7+/t15-,20-/m1/s1. The second kappa shape index (κ2) is 7.96. The molecular formula is C16H24ClNOS. The number of rotatable bonds is 6. The summed E-state index contributed by atoms with van der Waals surface area (Å²) in [6.07, 6.45) is 6.34. The number of nitrogens with one attached hydrogen (secondary N) is 1. The molecule has 1 N–H and O–H groups in total. The maximum atomic E-state index is 12.3. The first-order valence-electron chi connectivity index (χ1n) is 6.94. The normalized spacial score (nSPS) is 15.4. The Kier molecular flexibility index (Phi) is 6.93. The van der Waals surface area contributed by atoms with Crippen LogP contribution >= 0.6 is 11.6 Å². The lowest BCUT2D eigenvalue weighted by molar-refractivity contribution is 0.626. The topological polar surface area (TPSA) is 29.1 Å². The Morgan fingerprint density at radius 2 is 1.90 bits per heavy atom. The molecule has 20 heavy (non-hydrogen) atoms. The van der Waals surface area contributed by atoms with Gasteiger partial charge in [0.2, 0.25) is 0 Å². The molecular weight excluding hydrogens is 290 g/mol. The van der Waals surface area contributed by atoms with E-state index < -0.39 is 11.0 Å². The van der Waals surface area contributed by atoms with Crippen molar-refractivity contribution in [1.82, 2.24) is 4.72 Å². The number of halogens is 1. The van der Waals surface area contributed by atoms with Gasteiger partial charge >= 0.3 is 0 Å². The van der Waals surface area contributed by atoms with E-state index in [-0.39, 0.29) is 10.8 Å². The van der Waals surface area contributed by atoms with E-state index in [1.807, 2.05) is 45.0 Å². The minimum Gasteiger partial charge on any atom is -0.242 e. The van der Waals surface area contributed by atoms with Crippen LogP contribution in [-0.4, -0.2) is 8.96 Å². The lowest BCUT2D eigenvalue weighted by Crippen LogP contribution is -2.35. The molecule has 0 aliphatic carbocycles. The van der Waals surface area contributed by atoms with Gasteiger partial charge in [-0.05, 0) is 44.9 Å². The van der Waals surface area contributed by atoms with Crippen molar-refractivity contribution < 1.29 is 4.21 Å². The molecule has 0 aliphatic rings. The average molecular weight is 314 g/mol. The summed E-state index contributed by atoms with van der Waals surface area (Å²) in [5, 5.41) is 0.710. The lowest BCUT2D eigenvalue weighted by Gasteiger charge is -2.23. The van der Waals surface area contributed by atoms with Crippen molar-refractivity contribution in [1.29, 1.82) is 0 Å². The van der Waals surface area contributed by atoms with Crippen LogP contribution < -0.4 is 4.72 Å². The molecule has 0 fully saturated rings. The highest BCUT2D eigenvalue weighted by molar-refractivity contribution is 7.84. The van der Waals surface area contributed by atoms with Crippen molar-refractivity contribution in [2.45, 2.75) is 51.3 Å². The van der Waals surface area contributed by atoms with Crippen LogP contribution in [-0.2, 0) is 11.0 Å². The molecule has 0 aromatic heterocycles. The van der Waals surface area contributed by atoms with Crippen LogP contribution in [0.4, 0.5) is 0 Å². The van der Waals surface area contributed by atoms with E-state index in [2.05, 4.69) is 23.8 Å². The fourth-order valence-electron chi connectivity index (χ4n) is 1.58. The van der Waals surface area contributed by atoms with Gasteiger partial charge in [0.15, 0.2) is 0 Å². The third-order valence-corrected chi connectivity index (χ3v) is 4.64. The monoisotopic (exact) mass is 313 g/mol. The summed E-state index contributed by atoms with van der Waals surface area (Å²) in [4.78, 5) is 0. The number of unbranched alkanes of at least 4 members (excludes halogenated alkanes) is 1. The molecule has 0 heterocycles. The molecule has 0 spiro atoms. The summed E-state index contributed by atoms with van der Waals surface area (Å²) in [6, 6.07) is 7.60. The fraction of sp³-hybridized carbons (Fsp3) is 0.500. The van der Waals surface area contributed by atoms with E-state index in [0.29, 0.717) is 5.02 Å². The van der Waals surface area contributed by atoms with E-state index >= 15 is 0 Å². The Morgan fingerprint density at radius 1 is 1.30 bits per heavy atom. The fourth-order valence-corrected chi connectivity index (χ4v) is 2.50. The molecule has 2 atom stereocenters. The highest BCUT2D eigenvalue weighted by Gasteiger charge is 2.22. The van der Waals surface area contributed by atoms with Crippen LogP contribution in [0, 0.1) is 0 Å². The van der Waals surface area contributed by atoms with E-state index in [1.165, 1.54) is 0 Å². The van der Waals surface area contributed by atoms with Gasteiger partial charge in [-0.2, -0.15) is 0 Å². The second-order valence-electron chi connectivity index (χ2n) is 5.75. The summed E-state index contributed by atoms with van der Waals surface area (Å²) in [5.41, 5.74) is 1.07. The molecule has 0 bridgehead atoms. The second-order valence-corrected chi connectivity index (χ2v) is 8.18. The third kappa shape index (κ3) is 5.78. The van der Waals surface area contributed by atoms with Gasteiger partial charge in [-0.15, -0.1) is 0 Å². The molecule has 4 heteroatoms. The molecule has 112 valence electrons.